The smallest absolute Gasteiger partial charge is 0.224 e. The fraction of sp³-hybridized carbons (Fsp3) is 0.462. The summed E-state index contributed by atoms with van der Waals surface area (Å²) in [7, 11) is 1.60. The van der Waals surface area contributed by atoms with Crippen LogP contribution in [-0.2, 0) is 11.2 Å². The van der Waals surface area contributed by atoms with Crippen molar-refractivity contribution in [3.8, 4) is 5.75 Å². The van der Waals surface area contributed by atoms with Crippen molar-refractivity contribution in [3.63, 3.8) is 0 Å². The zero-order valence-corrected chi connectivity index (χ0v) is 10.4. The number of carbonyl (C=O) groups is 1. The van der Waals surface area contributed by atoms with Crippen molar-refractivity contribution in [2.24, 2.45) is 5.73 Å². The number of methoxy groups -OCH3 is 1. The Morgan fingerprint density at radius 1 is 1.47 bits per heavy atom. The maximum absolute atomic E-state index is 11.8. The Kier molecular flexibility index (Phi) is 5.49. The summed E-state index contributed by atoms with van der Waals surface area (Å²) >= 11 is 0. The molecule has 4 nitrogen and oxygen atoms in total. The highest BCUT2D eigenvalue weighted by atomic mass is 16.5. The highest BCUT2D eigenvalue weighted by Gasteiger charge is 2.10. The Labute approximate surface area is 102 Å². The first-order valence-corrected chi connectivity index (χ1v) is 5.78. The first kappa shape index (κ1) is 13.5. The van der Waals surface area contributed by atoms with E-state index in [-0.39, 0.29) is 11.9 Å². The van der Waals surface area contributed by atoms with E-state index in [2.05, 4.69) is 5.32 Å². The molecule has 94 valence electrons. The molecule has 1 unspecified atom stereocenters. The molecule has 0 aliphatic rings. The minimum absolute atomic E-state index is 0.00421. The van der Waals surface area contributed by atoms with Crippen LogP contribution in [0.1, 0.15) is 18.9 Å². The van der Waals surface area contributed by atoms with Gasteiger partial charge in [-0.25, -0.2) is 0 Å². The van der Waals surface area contributed by atoms with Gasteiger partial charge in [-0.15, -0.1) is 0 Å². The molecule has 0 bridgehead atoms. The van der Waals surface area contributed by atoms with Crippen molar-refractivity contribution in [3.05, 3.63) is 29.8 Å². The summed E-state index contributed by atoms with van der Waals surface area (Å²) < 4.78 is 5.20. The molecule has 3 N–H and O–H groups in total. The number of para-hydroxylation sites is 1. The Morgan fingerprint density at radius 3 is 2.82 bits per heavy atom. The average molecular weight is 236 g/mol. The quantitative estimate of drug-likeness (QED) is 0.777. The molecule has 0 aliphatic heterocycles. The van der Waals surface area contributed by atoms with Gasteiger partial charge in [0, 0.05) is 11.6 Å². The van der Waals surface area contributed by atoms with E-state index in [0.29, 0.717) is 13.0 Å². The monoisotopic (exact) mass is 236 g/mol. The topological polar surface area (TPSA) is 64.3 Å². The lowest BCUT2D eigenvalue weighted by atomic mass is 10.1. The molecule has 1 amide bonds. The fourth-order valence-electron chi connectivity index (χ4n) is 1.67. The van der Waals surface area contributed by atoms with Gasteiger partial charge in [0.25, 0.3) is 0 Å². The van der Waals surface area contributed by atoms with E-state index in [0.717, 1.165) is 17.7 Å². The van der Waals surface area contributed by atoms with Gasteiger partial charge in [-0.05, 0) is 26.0 Å². The van der Waals surface area contributed by atoms with Gasteiger partial charge in [-0.2, -0.15) is 0 Å². The lowest BCUT2D eigenvalue weighted by Gasteiger charge is -2.13. The predicted octanol–water partition coefficient (Wildman–Crippen LogP) is 1.09. The lowest BCUT2D eigenvalue weighted by Crippen LogP contribution is -2.35. The van der Waals surface area contributed by atoms with E-state index in [4.69, 9.17) is 10.5 Å². The number of rotatable bonds is 6. The van der Waals surface area contributed by atoms with Gasteiger partial charge < -0.3 is 15.8 Å². The number of ether oxygens (including phenoxy) is 1. The number of nitrogens with one attached hydrogen (secondary N) is 1. The highest BCUT2D eigenvalue weighted by molar-refractivity contribution is 5.79. The molecular weight excluding hydrogens is 216 g/mol. The third-order valence-corrected chi connectivity index (χ3v) is 2.55. The molecule has 0 aliphatic carbocycles. The molecule has 1 aromatic carbocycles. The highest BCUT2D eigenvalue weighted by Crippen LogP contribution is 2.17. The van der Waals surface area contributed by atoms with Crippen LogP contribution in [0.4, 0.5) is 0 Å². The van der Waals surface area contributed by atoms with Gasteiger partial charge in [0.05, 0.1) is 13.5 Å². The number of amides is 1. The summed E-state index contributed by atoms with van der Waals surface area (Å²) in [6, 6.07) is 7.64. The molecule has 0 fully saturated rings. The molecule has 17 heavy (non-hydrogen) atoms. The van der Waals surface area contributed by atoms with Crippen LogP contribution in [0.3, 0.4) is 0 Å². The van der Waals surface area contributed by atoms with Gasteiger partial charge >= 0.3 is 0 Å². The molecule has 1 aromatic rings. The molecule has 0 saturated heterocycles. The summed E-state index contributed by atoms with van der Waals surface area (Å²) in [4.78, 5) is 11.8. The zero-order valence-electron chi connectivity index (χ0n) is 10.4. The van der Waals surface area contributed by atoms with E-state index in [1.165, 1.54) is 0 Å². The maximum atomic E-state index is 11.8. The molecule has 1 rings (SSSR count). The minimum Gasteiger partial charge on any atom is -0.496 e. The number of carbonyl (C=O) groups excluding carboxylic acids is 1. The predicted molar refractivity (Wildman–Crippen MR) is 68.0 cm³/mol. The van der Waals surface area contributed by atoms with Crippen molar-refractivity contribution in [2.45, 2.75) is 25.8 Å². The number of hydrogen-bond acceptors (Lipinski definition) is 3. The van der Waals surface area contributed by atoms with E-state index in [9.17, 15) is 4.79 Å². The average Bonchev–Trinajstić information content (AvgIpc) is 2.29. The van der Waals surface area contributed by atoms with E-state index >= 15 is 0 Å². The Hall–Kier alpha value is -1.55. The lowest BCUT2D eigenvalue weighted by molar-refractivity contribution is -0.121. The summed E-state index contributed by atoms with van der Waals surface area (Å²) in [6.45, 7) is 2.53. The van der Waals surface area contributed by atoms with Crippen LogP contribution >= 0.6 is 0 Å². The molecule has 0 saturated carbocycles. The van der Waals surface area contributed by atoms with Crippen LogP contribution in [0.15, 0.2) is 24.3 Å². The second kappa shape index (κ2) is 6.91. The van der Waals surface area contributed by atoms with Crippen molar-refractivity contribution in [1.29, 1.82) is 0 Å². The summed E-state index contributed by atoms with van der Waals surface area (Å²) in [5.74, 6) is 0.740. The second-order valence-electron chi connectivity index (χ2n) is 4.03. The van der Waals surface area contributed by atoms with Crippen LogP contribution in [0.2, 0.25) is 0 Å². The van der Waals surface area contributed by atoms with Crippen LogP contribution < -0.4 is 15.8 Å². The van der Waals surface area contributed by atoms with Crippen LogP contribution in [0.25, 0.3) is 0 Å². The second-order valence-corrected chi connectivity index (χ2v) is 4.03. The van der Waals surface area contributed by atoms with Gasteiger partial charge in [0.15, 0.2) is 0 Å². The molecule has 0 spiro atoms. The first-order valence-electron chi connectivity index (χ1n) is 5.78. The van der Waals surface area contributed by atoms with Gasteiger partial charge in [-0.1, -0.05) is 18.2 Å². The normalized spacial score (nSPS) is 11.9. The van der Waals surface area contributed by atoms with Crippen molar-refractivity contribution in [1.82, 2.24) is 5.32 Å². The molecule has 1 atom stereocenters. The number of hydrogen-bond donors (Lipinski definition) is 2. The molecular formula is C13H20N2O2. The first-order chi connectivity index (χ1) is 8.17. The summed E-state index contributed by atoms with van der Waals surface area (Å²) in [5, 5.41) is 2.91. The zero-order chi connectivity index (χ0) is 12.7. The minimum atomic E-state index is -0.00421. The van der Waals surface area contributed by atoms with E-state index in [1.807, 2.05) is 31.2 Å². The number of nitrogens with two attached hydrogens (primary N) is 1. The SMILES string of the molecule is COc1ccccc1CC(=O)NC(C)CCN. The maximum Gasteiger partial charge on any atom is 0.224 e. The van der Waals surface area contributed by atoms with Gasteiger partial charge in [0.2, 0.25) is 5.91 Å². The Bertz CT molecular complexity index is 366. The van der Waals surface area contributed by atoms with Gasteiger partial charge in [0.1, 0.15) is 5.75 Å². The van der Waals surface area contributed by atoms with Gasteiger partial charge in [-0.3, -0.25) is 4.79 Å². The van der Waals surface area contributed by atoms with Crippen molar-refractivity contribution in [2.75, 3.05) is 13.7 Å². The standard InChI is InChI=1S/C13H20N2O2/c1-10(7-8-14)15-13(16)9-11-5-3-4-6-12(11)17-2/h3-6,10H,7-9,14H2,1-2H3,(H,15,16). The third-order valence-electron chi connectivity index (χ3n) is 2.55. The largest absolute Gasteiger partial charge is 0.496 e. The van der Waals surface area contributed by atoms with Crippen LogP contribution in [0.5, 0.6) is 5.75 Å². The third kappa shape index (κ3) is 4.44. The molecule has 0 radical (unpaired) electrons. The molecule has 0 heterocycles. The Morgan fingerprint density at radius 2 is 2.18 bits per heavy atom. The summed E-state index contributed by atoms with van der Waals surface area (Å²) in [5.41, 5.74) is 6.33. The number of benzene rings is 1. The summed E-state index contributed by atoms with van der Waals surface area (Å²) in [6.07, 6.45) is 1.12. The molecule has 0 aromatic heterocycles. The fourth-order valence-corrected chi connectivity index (χ4v) is 1.67. The van der Waals surface area contributed by atoms with E-state index < -0.39 is 0 Å². The Balaban J connectivity index is 2.55. The van der Waals surface area contributed by atoms with Crippen LogP contribution in [0, 0.1) is 0 Å². The van der Waals surface area contributed by atoms with E-state index in [1.54, 1.807) is 7.11 Å². The van der Waals surface area contributed by atoms with Crippen molar-refractivity contribution < 1.29 is 9.53 Å². The molecule has 4 heteroatoms. The van der Waals surface area contributed by atoms with Crippen molar-refractivity contribution >= 4 is 5.91 Å². The van der Waals surface area contributed by atoms with Crippen LogP contribution in [-0.4, -0.2) is 25.6 Å².